The van der Waals surface area contributed by atoms with Crippen molar-refractivity contribution in [3.8, 4) is 0 Å². The SMILES string of the molecule is Cc1cc(COC(=O)c2ccc(Cl)c(S(=O)(=O)N3CC(C)OC(C)C3)c2)on1. The first-order valence-corrected chi connectivity index (χ1v) is 10.5. The highest BCUT2D eigenvalue weighted by atomic mass is 35.5. The van der Waals surface area contributed by atoms with Crippen LogP contribution in [0.5, 0.6) is 0 Å². The number of benzene rings is 1. The molecule has 0 saturated carbocycles. The molecule has 1 aliphatic rings. The Kier molecular flexibility index (Phi) is 6.09. The fourth-order valence-corrected chi connectivity index (χ4v) is 5.09. The maximum absolute atomic E-state index is 13.1. The van der Waals surface area contributed by atoms with Gasteiger partial charge in [-0.05, 0) is 39.0 Å². The molecular weight excluding hydrogens is 408 g/mol. The van der Waals surface area contributed by atoms with E-state index in [2.05, 4.69) is 5.16 Å². The molecule has 1 saturated heterocycles. The molecule has 2 aromatic rings. The van der Waals surface area contributed by atoms with Crippen LogP contribution in [0.1, 0.15) is 35.7 Å². The zero-order chi connectivity index (χ0) is 20.5. The number of esters is 1. The third-order valence-electron chi connectivity index (χ3n) is 4.19. The first kappa shape index (κ1) is 20.8. The van der Waals surface area contributed by atoms with Crippen LogP contribution >= 0.6 is 11.6 Å². The molecule has 0 aliphatic carbocycles. The summed E-state index contributed by atoms with van der Waals surface area (Å²) in [4.78, 5) is 12.2. The third-order valence-corrected chi connectivity index (χ3v) is 6.51. The van der Waals surface area contributed by atoms with Crippen molar-refractivity contribution in [3.63, 3.8) is 0 Å². The van der Waals surface area contributed by atoms with Gasteiger partial charge >= 0.3 is 5.97 Å². The number of ether oxygens (including phenoxy) is 2. The van der Waals surface area contributed by atoms with Crippen molar-refractivity contribution in [3.05, 3.63) is 46.3 Å². The van der Waals surface area contributed by atoms with Crippen LogP contribution in [0.3, 0.4) is 0 Å². The van der Waals surface area contributed by atoms with E-state index in [4.69, 9.17) is 25.6 Å². The molecule has 152 valence electrons. The standard InChI is InChI=1S/C18H21ClN2O6S/c1-11-6-15(27-20-11)10-25-18(22)14-4-5-16(19)17(7-14)28(23,24)21-8-12(2)26-13(3)9-21/h4-7,12-13H,8-10H2,1-3H3. The number of morpholine rings is 1. The Morgan fingerprint density at radius 2 is 1.96 bits per heavy atom. The molecule has 0 bridgehead atoms. The van der Waals surface area contributed by atoms with Crippen LogP contribution in [0.2, 0.25) is 5.02 Å². The van der Waals surface area contributed by atoms with Gasteiger partial charge in [0.25, 0.3) is 0 Å². The van der Waals surface area contributed by atoms with Crippen LogP contribution < -0.4 is 0 Å². The molecular formula is C18H21ClN2O6S. The molecule has 0 radical (unpaired) electrons. The second-order valence-corrected chi connectivity index (χ2v) is 9.05. The maximum atomic E-state index is 13.1. The van der Waals surface area contributed by atoms with E-state index in [1.165, 1.54) is 22.5 Å². The summed E-state index contributed by atoms with van der Waals surface area (Å²) >= 11 is 6.14. The minimum Gasteiger partial charge on any atom is -0.454 e. The Labute approximate surface area is 168 Å². The fourth-order valence-electron chi connectivity index (χ4n) is 3.00. The molecule has 2 atom stereocenters. The van der Waals surface area contributed by atoms with Crippen LogP contribution in [0.25, 0.3) is 0 Å². The second kappa shape index (κ2) is 8.20. The van der Waals surface area contributed by atoms with Gasteiger partial charge < -0.3 is 14.0 Å². The highest BCUT2D eigenvalue weighted by Crippen LogP contribution is 2.28. The smallest absolute Gasteiger partial charge is 0.338 e. The first-order valence-electron chi connectivity index (χ1n) is 8.71. The lowest BCUT2D eigenvalue weighted by atomic mass is 10.2. The number of halogens is 1. The van der Waals surface area contributed by atoms with E-state index in [1.54, 1.807) is 26.8 Å². The Bertz CT molecular complexity index is 964. The molecule has 8 nitrogen and oxygen atoms in total. The van der Waals surface area contributed by atoms with Gasteiger partial charge in [0.15, 0.2) is 12.4 Å². The molecule has 0 spiro atoms. The average molecular weight is 429 g/mol. The summed E-state index contributed by atoms with van der Waals surface area (Å²) in [7, 11) is -3.89. The second-order valence-electron chi connectivity index (χ2n) is 6.74. The van der Waals surface area contributed by atoms with Crippen molar-refractivity contribution in [2.24, 2.45) is 0 Å². The summed E-state index contributed by atoms with van der Waals surface area (Å²) in [5.74, 6) is -0.296. The van der Waals surface area contributed by atoms with Crippen molar-refractivity contribution in [1.29, 1.82) is 0 Å². The zero-order valence-corrected chi connectivity index (χ0v) is 17.3. The minimum atomic E-state index is -3.89. The predicted molar refractivity (Wildman–Crippen MR) is 101 cm³/mol. The average Bonchev–Trinajstić information content (AvgIpc) is 3.04. The van der Waals surface area contributed by atoms with Crippen LogP contribution in [0, 0.1) is 6.92 Å². The lowest BCUT2D eigenvalue weighted by Gasteiger charge is -2.34. The van der Waals surface area contributed by atoms with E-state index in [0.29, 0.717) is 11.5 Å². The minimum absolute atomic E-state index is 0.0363. The molecule has 10 heteroatoms. The molecule has 1 fully saturated rings. The largest absolute Gasteiger partial charge is 0.454 e. The van der Waals surface area contributed by atoms with Crippen LogP contribution in [0.4, 0.5) is 0 Å². The maximum Gasteiger partial charge on any atom is 0.338 e. The topological polar surface area (TPSA) is 98.9 Å². The van der Waals surface area contributed by atoms with E-state index in [1.807, 2.05) is 0 Å². The summed E-state index contributed by atoms with van der Waals surface area (Å²) < 4.78 is 43.2. The number of aromatic nitrogens is 1. The van der Waals surface area contributed by atoms with E-state index in [0.717, 1.165) is 0 Å². The Morgan fingerprint density at radius 3 is 2.57 bits per heavy atom. The van der Waals surface area contributed by atoms with Crippen molar-refractivity contribution in [2.45, 2.75) is 44.5 Å². The number of aryl methyl sites for hydroxylation is 1. The first-order chi connectivity index (χ1) is 13.2. The van der Waals surface area contributed by atoms with Gasteiger partial charge in [0.05, 0.1) is 28.5 Å². The van der Waals surface area contributed by atoms with Gasteiger partial charge in [-0.1, -0.05) is 16.8 Å². The normalized spacial score (nSPS) is 20.9. The van der Waals surface area contributed by atoms with Crippen LogP contribution in [-0.2, 0) is 26.1 Å². The Hall–Kier alpha value is -1.94. The fraction of sp³-hybridized carbons (Fsp3) is 0.444. The third kappa shape index (κ3) is 4.54. The molecule has 1 aliphatic heterocycles. The van der Waals surface area contributed by atoms with Gasteiger partial charge in [0.2, 0.25) is 10.0 Å². The summed E-state index contributed by atoms with van der Waals surface area (Å²) in [6, 6.07) is 5.67. The molecule has 0 amide bonds. The molecule has 2 unspecified atom stereocenters. The van der Waals surface area contributed by atoms with Crippen molar-refractivity contribution in [1.82, 2.24) is 9.46 Å². The Morgan fingerprint density at radius 1 is 1.29 bits per heavy atom. The summed E-state index contributed by atoms with van der Waals surface area (Å²) in [6.45, 7) is 5.67. The quantitative estimate of drug-likeness (QED) is 0.675. The predicted octanol–water partition coefficient (Wildman–Crippen LogP) is 2.79. The van der Waals surface area contributed by atoms with Crippen molar-refractivity contribution in [2.75, 3.05) is 13.1 Å². The van der Waals surface area contributed by atoms with Crippen molar-refractivity contribution >= 4 is 27.6 Å². The van der Waals surface area contributed by atoms with E-state index in [-0.39, 0.29) is 47.4 Å². The number of carbonyl (C=O) groups excluding carboxylic acids is 1. The van der Waals surface area contributed by atoms with Gasteiger partial charge in [0, 0.05) is 19.2 Å². The Balaban J connectivity index is 1.81. The van der Waals surface area contributed by atoms with Gasteiger partial charge in [-0.25, -0.2) is 13.2 Å². The van der Waals surface area contributed by atoms with Crippen LogP contribution in [-0.4, -0.2) is 49.1 Å². The van der Waals surface area contributed by atoms with Gasteiger partial charge in [-0.15, -0.1) is 0 Å². The number of carbonyl (C=O) groups is 1. The zero-order valence-electron chi connectivity index (χ0n) is 15.7. The van der Waals surface area contributed by atoms with Gasteiger partial charge in [-0.3, -0.25) is 0 Å². The van der Waals surface area contributed by atoms with Gasteiger partial charge in [0.1, 0.15) is 4.90 Å². The molecule has 0 N–H and O–H groups in total. The number of sulfonamides is 1. The molecule has 1 aromatic carbocycles. The monoisotopic (exact) mass is 428 g/mol. The number of hydrogen-bond acceptors (Lipinski definition) is 7. The molecule has 28 heavy (non-hydrogen) atoms. The van der Waals surface area contributed by atoms with E-state index < -0.39 is 16.0 Å². The lowest BCUT2D eigenvalue weighted by molar-refractivity contribution is -0.0440. The number of nitrogens with zero attached hydrogens (tertiary/aromatic N) is 2. The summed E-state index contributed by atoms with van der Waals surface area (Å²) in [5, 5.41) is 3.75. The van der Waals surface area contributed by atoms with E-state index >= 15 is 0 Å². The van der Waals surface area contributed by atoms with Gasteiger partial charge in [-0.2, -0.15) is 4.31 Å². The number of rotatable bonds is 5. The summed E-state index contributed by atoms with van der Waals surface area (Å²) in [5.41, 5.74) is 0.744. The summed E-state index contributed by atoms with van der Waals surface area (Å²) in [6.07, 6.45) is -0.480. The van der Waals surface area contributed by atoms with Crippen LogP contribution in [0.15, 0.2) is 33.7 Å². The highest BCUT2D eigenvalue weighted by molar-refractivity contribution is 7.89. The van der Waals surface area contributed by atoms with Crippen molar-refractivity contribution < 1.29 is 27.2 Å². The molecule has 3 rings (SSSR count). The van der Waals surface area contributed by atoms with E-state index in [9.17, 15) is 13.2 Å². The lowest BCUT2D eigenvalue weighted by Crippen LogP contribution is -2.48. The molecule has 1 aromatic heterocycles. The molecule has 2 heterocycles. The number of hydrogen-bond donors (Lipinski definition) is 0. The highest BCUT2D eigenvalue weighted by Gasteiger charge is 2.34.